The third-order valence-electron chi connectivity index (χ3n) is 2.85. The maximum absolute atomic E-state index is 9.30. The molecule has 1 aromatic rings. The maximum Gasteiger partial charge on any atom is 0.0483 e. The number of rotatable bonds is 6. The predicted molar refractivity (Wildman–Crippen MR) is 71.0 cm³/mol. The van der Waals surface area contributed by atoms with Gasteiger partial charge in [-0.05, 0) is 38.6 Å². The molecule has 0 aliphatic carbocycles. The number of thiophene rings is 1. The molecule has 0 aromatic carbocycles. The van der Waals surface area contributed by atoms with Gasteiger partial charge in [-0.1, -0.05) is 20.3 Å². The summed E-state index contributed by atoms with van der Waals surface area (Å²) in [7, 11) is 4.16. The normalized spacial score (nSPS) is 15.4. The first kappa shape index (κ1) is 13.7. The highest BCUT2D eigenvalue weighted by molar-refractivity contribution is 7.12. The lowest BCUT2D eigenvalue weighted by Crippen LogP contribution is -2.27. The number of nitrogens with zero attached hydrogens (tertiary/aromatic N) is 1. The van der Waals surface area contributed by atoms with E-state index >= 15 is 0 Å². The van der Waals surface area contributed by atoms with E-state index in [1.165, 1.54) is 22.6 Å². The van der Waals surface area contributed by atoms with Gasteiger partial charge in [-0.3, -0.25) is 0 Å². The van der Waals surface area contributed by atoms with Crippen LogP contribution in [0.25, 0.3) is 0 Å². The molecule has 1 N–H and O–H groups in total. The summed E-state index contributed by atoms with van der Waals surface area (Å²) < 4.78 is 0. The second kappa shape index (κ2) is 6.38. The van der Waals surface area contributed by atoms with Crippen molar-refractivity contribution in [3.8, 4) is 0 Å². The second-order valence-corrected chi connectivity index (χ2v) is 5.82. The molecule has 0 saturated heterocycles. The number of aliphatic hydroxyl groups is 1. The molecule has 3 heteroatoms. The molecule has 1 heterocycles. The van der Waals surface area contributed by atoms with Crippen molar-refractivity contribution in [3.63, 3.8) is 0 Å². The highest BCUT2D eigenvalue weighted by atomic mass is 32.1. The Bertz CT molecular complexity index is 309. The Balaban J connectivity index is 2.84. The maximum atomic E-state index is 9.30. The summed E-state index contributed by atoms with van der Waals surface area (Å²) in [4.78, 5) is 5.02. The van der Waals surface area contributed by atoms with Gasteiger partial charge >= 0.3 is 0 Å². The molecular weight excluding hydrogens is 218 g/mol. The van der Waals surface area contributed by atoms with Gasteiger partial charge in [0, 0.05) is 22.4 Å². The molecule has 0 bridgehead atoms. The third-order valence-corrected chi connectivity index (χ3v) is 4.07. The van der Waals surface area contributed by atoms with Crippen LogP contribution in [0.15, 0.2) is 12.1 Å². The number of hydrogen-bond donors (Lipinski definition) is 1. The van der Waals surface area contributed by atoms with E-state index in [9.17, 15) is 5.11 Å². The summed E-state index contributed by atoms with van der Waals surface area (Å²) in [5.74, 6) is 0.281. The summed E-state index contributed by atoms with van der Waals surface area (Å²) in [6.07, 6.45) is 2.36. The molecule has 0 amide bonds. The van der Waals surface area contributed by atoms with E-state index in [1.807, 2.05) is 11.3 Å². The highest BCUT2D eigenvalue weighted by Crippen LogP contribution is 2.32. The van der Waals surface area contributed by atoms with E-state index in [1.54, 1.807) is 0 Å². The fourth-order valence-electron chi connectivity index (χ4n) is 2.08. The Hall–Kier alpha value is -0.380. The lowest BCUT2D eigenvalue weighted by Gasteiger charge is -2.28. The first-order valence-corrected chi connectivity index (χ1v) is 6.77. The molecule has 16 heavy (non-hydrogen) atoms. The molecule has 0 radical (unpaired) electrons. The standard InChI is InChI=1S/C13H23NOS/c1-5-6-11-7-8-12(16-11)13(14(3)4)10(2)9-15/h7-8,10,13,15H,5-6,9H2,1-4H3. The van der Waals surface area contributed by atoms with E-state index in [2.05, 4.69) is 45.0 Å². The van der Waals surface area contributed by atoms with Crippen molar-refractivity contribution in [2.24, 2.45) is 5.92 Å². The van der Waals surface area contributed by atoms with E-state index in [4.69, 9.17) is 0 Å². The number of aryl methyl sites for hydroxylation is 1. The molecular formula is C13H23NOS. The Morgan fingerprint density at radius 2 is 2.06 bits per heavy atom. The van der Waals surface area contributed by atoms with Crippen LogP contribution in [0.4, 0.5) is 0 Å². The zero-order valence-corrected chi connectivity index (χ0v) is 11.5. The van der Waals surface area contributed by atoms with Gasteiger partial charge in [-0.25, -0.2) is 0 Å². The van der Waals surface area contributed by atoms with Crippen LogP contribution in [0.5, 0.6) is 0 Å². The largest absolute Gasteiger partial charge is 0.396 e. The van der Waals surface area contributed by atoms with Gasteiger partial charge in [0.1, 0.15) is 0 Å². The molecule has 2 unspecified atom stereocenters. The molecule has 0 fully saturated rings. The average Bonchev–Trinajstić information content (AvgIpc) is 2.66. The van der Waals surface area contributed by atoms with Gasteiger partial charge in [0.25, 0.3) is 0 Å². The minimum absolute atomic E-state index is 0.240. The Labute approximate surface area is 103 Å². The monoisotopic (exact) mass is 241 g/mol. The minimum atomic E-state index is 0.240. The van der Waals surface area contributed by atoms with Crippen LogP contribution in [-0.4, -0.2) is 30.7 Å². The predicted octanol–water partition coefficient (Wildman–Crippen LogP) is 2.93. The van der Waals surface area contributed by atoms with Crippen molar-refractivity contribution >= 4 is 11.3 Å². The van der Waals surface area contributed by atoms with Crippen LogP contribution in [0, 0.1) is 5.92 Å². The lowest BCUT2D eigenvalue weighted by atomic mass is 10.0. The molecule has 0 aliphatic rings. The smallest absolute Gasteiger partial charge is 0.0483 e. The van der Waals surface area contributed by atoms with Crippen LogP contribution < -0.4 is 0 Å². The first-order chi connectivity index (χ1) is 7.60. The van der Waals surface area contributed by atoms with E-state index < -0.39 is 0 Å². The van der Waals surface area contributed by atoms with Crippen LogP contribution in [0.1, 0.15) is 36.1 Å². The fraction of sp³-hybridized carbons (Fsp3) is 0.692. The van der Waals surface area contributed by atoms with Crippen molar-refractivity contribution in [2.75, 3.05) is 20.7 Å². The zero-order chi connectivity index (χ0) is 12.1. The Kier molecular flexibility index (Phi) is 5.46. The summed E-state index contributed by atoms with van der Waals surface area (Å²) in [6, 6.07) is 4.77. The van der Waals surface area contributed by atoms with Gasteiger partial charge in [0.2, 0.25) is 0 Å². The second-order valence-electron chi connectivity index (χ2n) is 4.62. The summed E-state index contributed by atoms with van der Waals surface area (Å²) in [5, 5.41) is 9.30. The van der Waals surface area contributed by atoms with Crippen molar-refractivity contribution in [2.45, 2.75) is 32.7 Å². The van der Waals surface area contributed by atoms with Crippen LogP contribution >= 0.6 is 11.3 Å². The quantitative estimate of drug-likeness (QED) is 0.828. The van der Waals surface area contributed by atoms with Gasteiger partial charge in [0.15, 0.2) is 0 Å². The Morgan fingerprint density at radius 3 is 2.56 bits per heavy atom. The van der Waals surface area contributed by atoms with Gasteiger partial charge < -0.3 is 10.0 Å². The van der Waals surface area contributed by atoms with Crippen molar-refractivity contribution in [1.82, 2.24) is 4.90 Å². The van der Waals surface area contributed by atoms with Gasteiger partial charge in [0.05, 0.1) is 0 Å². The summed E-state index contributed by atoms with van der Waals surface area (Å²) >= 11 is 1.88. The van der Waals surface area contributed by atoms with E-state index in [0.717, 1.165) is 0 Å². The average molecular weight is 241 g/mol. The van der Waals surface area contributed by atoms with Crippen molar-refractivity contribution < 1.29 is 5.11 Å². The molecule has 1 rings (SSSR count). The molecule has 2 atom stereocenters. The SMILES string of the molecule is CCCc1ccc(C(C(C)CO)N(C)C)s1. The molecule has 92 valence electrons. The lowest BCUT2D eigenvalue weighted by molar-refractivity contribution is 0.148. The summed E-state index contributed by atoms with van der Waals surface area (Å²) in [6.45, 7) is 4.55. The Morgan fingerprint density at radius 1 is 1.38 bits per heavy atom. The minimum Gasteiger partial charge on any atom is -0.396 e. The van der Waals surface area contributed by atoms with Gasteiger partial charge in [-0.2, -0.15) is 0 Å². The zero-order valence-electron chi connectivity index (χ0n) is 10.7. The molecule has 0 aliphatic heterocycles. The molecule has 0 spiro atoms. The van der Waals surface area contributed by atoms with Gasteiger partial charge in [-0.15, -0.1) is 11.3 Å². The molecule has 1 aromatic heterocycles. The number of hydrogen-bond acceptors (Lipinski definition) is 3. The van der Waals surface area contributed by atoms with Crippen LogP contribution in [0.3, 0.4) is 0 Å². The van der Waals surface area contributed by atoms with Crippen molar-refractivity contribution in [1.29, 1.82) is 0 Å². The topological polar surface area (TPSA) is 23.5 Å². The summed E-state index contributed by atoms with van der Waals surface area (Å²) in [5.41, 5.74) is 0. The van der Waals surface area contributed by atoms with E-state index in [0.29, 0.717) is 6.04 Å². The van der Waals surface area contributed by atoms with Crippen LogP contribution in [0.2, 0.25) is 0 Å². The highest BCUT2D eigenvalue weighted by Gasteiger charge is 2.22. The third kappa shape index (κ3) is 3.30. The number of aliphatic hydroxyl groups excluding tert-OH is 1. The van der Waals surface area contributed by atoms with E-state index in [-0.39, 0.29) is 12.5 Å². The fourth-order valence-corrected chi connectivity index (χ4v) is 3.52. The van der Waals surface area contributed by atoms with Crippen molar-refractivity contribution in [3.05, 3.63) is 21.9 Å². The molecule has 2 nitrogen and oxygen atoms in total. The first-order valence-electron chi connectivity index (χ1n) is 5.96. The molecule has 0 saturated carbocycles. The van der Waals surface area contributed by atoms with Crippen LogP contribution in [-0.2, 0) is 6.42 Å².